The maximum absolute atomic E-state index is 12.0. The van der Waals surface area contributed by atoms with Crippen molar-refractivity contribution in [2.45, 2.75) is 0 Å². The van der Waals surface area contributed by atoms with Crippen molar-refractivity contribution in [2.75, 3.05) is 7.11 Å². The quantitative estimate of drug-likeness (QED) is 0.380. The van der Waals surface area contributed by atoms with E-state index >= 15 is 0 Å². The zero-order chi connectivity index (χ0) is 17.1. The Hall–Kier alpha value is -3.42. The minimum Gasteiger partial charge on any atom is -0.504 e. The van der Waals surface area contributed by atoms with Gasteiger partial charge in [0, 0.05) is 0 Å². The smallest absolute Gasteiger partial charge is 0.343 e. The van der Waals surface area contributed by atoms with Gasteiger partial charge >= 0.3 is 11.9 Å². The SMILES string of the molecule is COC(=O)c1cc(O)c(O)c(OC(=O)c2ccc(O)c(O)c2)c1. The van der Waals surface area contributed by atoms with E-state index in [2.05, 4.69) is 4.74 Å². The van der Waals surface area contributed by atoms with Crippen LogP contribution in [0.3, 0.4) is 0 Å². The number of phenols is 4. The molecule has 23 heavy (non-hydrogen) atoms. The normalized spacial score (nSPS) is 10.1. The Balaban J connectivity index is 2.35. The lowest BCUT2D eigenvalue weighted by Gasteiger charge is -2.10. The summed E-state index contributed by atoms with van der Waals surface area (Å²) in [5.41, 5.74) is -0.262. The van der Waals surface area contributed by atoms with E-state index in [0.29, 0.717) is 0 Å². The van der Waals surface area contributed by atoms with Crippen LogP contribution in [0, 0.1) is 0 Å². The van der Waals surface area contributed by atoms with Gasteiger partial charge in [-0.1, -0.05) is 0 Å². The number of benzene rings is 2. The number of hydrogen-bond donors (Lipinski definition) is 4. The van der Waals surface area contributed by atoms with Gasteiger partial charge in [0.25, 0.3) is 0 Å². The lowest BCUT2D eigenvalue weighted by Crippen LogP contribution is -2.09. The second-order valence-corrected chi connectivity index (χ2v) is 4.43. The Kier molecular flexibility index (Phi) is 4.26. The number of rotatable bonds is 3. The van der Waals surface area contributed by atoms with E-state index in [0.717, 1.165) is 31.4 Å². The fourth-order valence-corrected chi connectivity index (χ4v) is 1.72. The Morgan fingerprint density at radius 1 is 0.826 bits per heavy atom. The molecule has 0 saturated carbocycles. The lowest BCUT2D eigenvalue weighted by molar-refractivity contribution is 0.0596. The van der Waals surface area contributed by atoms with E-state index in [-0.39, 0.29) is 11.1 Å². The Morgan fingerprint density at radius 3 is 2.09 bits per heavy atom. The molecule has 0 aliphatic rings. The number of carbonyl (C=O) groups is 2. The molecule has 0 aliphatic heterocycles. The van der Waals surface area contributed by atoms with Gasteiger partial charge in [0.1, 0.15) is 0 Å². The molecule has 0 aromatic heterocycles. The number of aromatic hydroxyl groups is 4. The van der Waals surface area contributed by atoms with E-state index in [1.54, 1.807) is 0 Å². The topological polar surface area (TPSA) is 134 Å². The van der Waals surface area contributed by atoms with Crippen molar-refractivity contribution < 1.29 is 39.5 Å². The zero-order valence-electron chi connectivity index (χ0n) is 11.8. The maximum Gasteiger partial charge on any atom is 0.343 e. The highest BCUT2D eigenvalue weighted by molar-refractivity contribution is 5.94. The van der Waals surface area contributed by atoms with Crippen molar-refractivity contribution >= 4 is 11.9 Å². The van der Waals surface area contributed by atoms with Gasteiger partial charge in [0.05, 0.1) is 18.2 Å². The molecule has 0 amide bonds. The molecule has 2 aromatic rings. The van der Waals surface area contributed by atoms with Crippen molar-refractivity contribution in [2.24, 2.45) is 0 Å². The Labute approximate surface area is 129 Å². The summed E-state index contributed by atoms with van der Waals surface area (Å²) in [6, 6.07) is 5.18. The molecule has 2 aromatic carbocycles. The summed E-state index contributed by atoms with van der Waals surface area (Å²) in [5, 5.41) is 37.8. The van der Waals surface area contributed by atoms with Crippen LogP contribution >= 0.6 is 0 Å². The van der Waals surface area contributed by atoms with Crippen LogP contribution < -0.4 is 4.74 Å². The molecule has 0 fully saturated rings. The van der Waals surface area contributed by atoms with Gasteiger partial charge in [-0.3, -0.25) is 0 Å². The number of hydrogen-bond acceptors (Lipinski definition) is 8. The largest absolute Gasteiger partial charge is 0.504 e. The number of methoxy groups -OCH3 is 1. The van der Waals surface area contributed by atoms with Crippen molar-refractivity contribution in [1.82, 2.24) is 0 Å². The summed E-state index contributed by atoms with van der Waals surface area (Å²) in [7, 11) is 1.12. The fraction of sp³-hybridized carbons (Fsp3) is 0.0667. The molecule has 8 heteroatoms. The zero-order valence-corrected chi connectivity index (χ0v) is 11.8. The van der Waals surface area contributed by atoms with Crippen molar-refractivity contribution in [3.05, 3.63) is 41.5 Å². The van der Waals surface area contributed by atoms with Crippen LogP contribution in [0.5, 0.6) is 28.7 Å². The van der Waals surface area contributed by atoms with E-state index in [4.69, 9.17) is 4.74 Å². The third kappa shape index (κ3) is 3.26. The van der Waals surface area contributed by atoms with Crippen molar-refractivity contribution in [3.63, 3.8) is 0 Å². The standard InChI is InChI=1S/C15H12O8/c1-22-14(20)8-5-11(18)13(19)12(6-8)23-15(21)7-2-3-9(16)10(17)4-7/h2-6,16-19H,1H3. The van der Waals surface area contributed by atoms with Gasteiger partial charge < -0.3 is 29.9 Å². The highest BCUT2D eigenvalue weighted by Gasteiger charge is 2.19. The Bertz CT molecular complexity index is 781. The highest BCUT2D eigenvalue weighted by atomic mass is 16.5. The summed E-state index contributed by atoms with van der Waals surface area (Å²) in [6.45, 7) is 0. The summed E-state index contributed by atoms with van der Waals surface area (Å²) < 4.78 is 9.36. The van der Waals surface area contributed by atoms with E-state index < -0.39 is 40.7 Å². The first-order valence-corrected chi connectivity index (χ1v) is 6.22. The second kappa shape index (κ2) is 6.14. The van der Waals surface area contributed by atoms with Crippen molar-refractivity contribution in [3.8, 4) is 28.7 Å². The molecule has 120 valence electrons. The average Bonchev–Trinajstić information content (AvgIpc) is 2.53. The molecular weight excluding hydrogens is 308 g/mol. The predicted molar refractivity (Wildman–Crippen MR) is 75.8 cm³/mol. The van der Waals surface area contributed by atoms with Crippen LogP contribution in [0.4, 0.5) is 0 Å². The minimum absolute atomic E-state index is 0.123. The van der Waals surface area contributed by atoms with Gasteiger partial charge in [-0.05, 0) is 30.3 Å². The third-order valence-electron chi connectivity index (χ3n) is 2.89. The molecule has 8 nitrogen and oxygen atoms in total. The average molecular weight is 320 g/mol. The first-order chi connectivity index (χ1) is 10.8. The summed E-state index contributed by atoms with van der Waals surface area (Å²) in [6.07, 6.45) is 0. The molecule has 2 rings (SSSR count). The molecule has 0 saturated heterocycles. The first-order valence-electron chi connectivity index (χ1n) is 6.22. The van der Waals surface area contributed by atoms with Gasteiger partial charge in [0.2, 0.25) is 5.75 Å². The van der Waals surface area contributed by atoms with Crippen LogP contribution in [0.15, 0.2) is 30.3 Å². The monoisotopic (exact) mass is 320 g/mol. The molecule has 0 spiro atoms. The first kappa shape index (κ1) is 16.0. The van der Waals surface area contributed by atoms with Crippen LogP contribution in [-0.2, 0) is 4.74 Å². The molecule has 0 bridgehead atoms. The molecule has 0 unspecified atom stereocenters. The molecule has 4 N–H and O–H groups in total. The van der Waals surface area contributed by atoms with Crippen LogP contribution in [0.2, 0.25) is 0 Å². The van der Waals surface area contributed by atoms with Gasteiger partial charge in [-0.25, -0.2) is 9.59 Å². The van der Waals surface area contributed by atoms with Crippen LogP contribution in [0.25, 0.3) is 0 Å². The minimum atomic E-state index is -0.989. The van der Waals surface area contributed by atoms with Gasteiger partial charge in [-0.2, -0.15) is 0 Å². The number of esters is 2. The molecule has 0 atom stereocenters. The predicted octanol–water partition coefficient (Wildman–Crippen LogP) is 1.51. The fourth-order valence-electron chi connectivity index (χ4n) is 1.72. The van der Waals surface area contributed by atoms with Crippen LogP contribution in [0.1, 0.15) is 20.7 Å². The summed E-state index contributed by atoms with van der Waals surface area (Å²) >= 11 is 0. The number of ether oxygens (including phenoxy) is 2. The number of phenolic OH excluding ortho intramolecular Hbond substituents is 4. The van der Waals surface area contributed by atoms with Crippen molar-refractivity contribution in [1.29, 1.82) is 0 Å². The lowest BCUT2D eigenvalue weighted by atomic mass is 10.1. The third-order valence-corrected chi connectivity index (χ3v) is 2.89. The molecular formula is C15H12O8. The summed E-state index contributed by atoms with van der Waals surface area (Å²) in [5.74, 6) is -4.64. The maximum atomic E-state index is 12.0. The molecule has 0 heterocycles. The van der Waals surface area contributed by atoms with Gasteiger partial charge in [-0.15, -0.1) is 0 Å². The molecule has 0 aliphatic carbocycles. The van der Waals surface area contributed by atoms with Crippen LogP contribution in [-0.4, -0.2) is 39.5 Å². The summed E-state index contributed by atoms with van der Waals surface area (Å²) in [4.78, 5) is 23.4. The van der Waals surface area contributed by atoms with E-state index in [1.807, 2.05) is 0 Å². The molecule has 0 radical (unpaired) electrons. The van der Waals surface area contributed by atoms with Gasteiger partial charge in [0.15, 0.2) is 23.0 Å². The second-order valence-electron chi connectivity index (χ2n) is 4.43. The van der Waals surface area contributed by atoms with E-state index in [1.165, 1.54) is 6.07 Å². The highest BCUT2D eigenvalue weighted by Crippen LogP contribution is 2.37. The Morgan fingerprint density at radius 2 is 1.48 bits per heavy atom. The number of carbonyl (C=O) groups excluding carboxylic acids is 2. The van der Waals surface area contributed by atoms with E-state index in [9.17, 15) is 30.0 Å².